The average Bonchev–Trinajstić information content (AvgIpc) is 2.87. The van der Waals surface area contributed by atoms with Crippen LogP contribution in [-0.4, -0.2) is 83.8 Å². The Labute approximate surface area is 235 Å². The number of allylic oxidation sites excluding steroid dienone is 3. The van der Waals surface area contributed by atoms with Crippen molar-refractivity contribution in [3.05, 3.63) is 23.8 Å². The van der Waals surface area contributed by atoms with E-state index < -0.39 is 36.5 Å². The predicted octanol–water partition coefficient (Wildman–Crippen LogP) is 4.28. The van der Waals surface area contributed by atoms with Crippen molar-refractivity contribution in [3.8, 4) is 0 Å². The summed E-state index contributed by atoms with van der Waals surface area (Å²) in [6.45, 7) is 13.6. The van der Waals surface area contributed by atoms with Gasteiger partial charge in [-0.15, -0.1) is 0 Å². The summed E-state index contributed by atoms with van der Waals surface area (Å²) in [6, 6.07) is -0.143. The summed E-state index contributed by atoms with van der Waals surface area (Å²) < 4.78 is 18.4. The van der Waals surface area contributed by atoms with Gasteiger partial charge >= 0.3 is 5.97 Å². The van der Waals surface area contributed by atoms with Crippen molar-refractivity contribution in [1.82, 2.24) is 4.90 Å². The molecule has 2 aliphatic rings. The molecule has 0 aliphatic carbocycles. The lowest BCUT2D eigenvalue weighted by Gasteiger charge is -2.44. The van der Waals surface area contributed by atoms with Crippen LogP contribution in [0.15, 0.2) is 23.8 Å². The minimum atomic E-state index is -1.02. The van der Waals surface area contributed by atoms with Crippen molar-refractivity contribution in [2.45, 2.75) is 123 Å². The molecule has 8 nitrogen and oxygen atoms in total. The molecule has 0 bridgehead atoms. The summed E-state index contributed by atoms with van der Waals surface area (Å²) in [5.74, 6) is -1.32. The van der Waals surface area contributed by atoms with Crippen molar-refractivity contribution >= 4 is 11.8 Å². The second-order valence-electron chi connectivity index (χ2n) is 12.1. The van der Waals surface area contributed by atoms with Crippen LogP contribution in [-0.2, 0) is 23.8 Å². The van der Waals surface area contributed by atoms with Crippen LogP contribution in [0.4, 0.5) is 0 Å². The Bertz CT molecular complexity index is 856. The van der Waals surface area contributed by atoms with Gasteiger partial charge in [0.25, 0.3) is 0 Å². The Kier molecular flexibility index (Phi) is 13.3. The molecule has 39 heavy (non-hydrogen) atoms. The van der Waals surface area contributed by atoms with Gasteiger partial charge in [0.2, 0.25) is 0 Å². The van der Waals surface area contributed by atoms with Crippen molar-refractivity contribution in [2.75, 3.05) is 14.1 Å². The fourth-order valence-corrected chi connectivity index (χ4v) is 5.89. The summed E-state index contributed by atoms with van der Waals surface area (Å²) >= 11 is 0. The van der Waals surface area contributed by atoms with Crippen LogP contribution in [0.5, 0.6) is 0 Å². The maximum atomic E-state index is 13.1. The molecule has 1 fully saturated rings. The molecule has 2 N–H and O–H groups in total. The normalized spacial score (nSPS) is 42.1. The van der Waals surface area contributed by atoms with Crippen molar-refractivity contribution in [1.29, 1.82) is 0 Å². The molecule has 11 atom stereocenters. The second-order valence-corrected chi connectivity index (χ2v) is 12.1. The fraction of sp³-hybridized carbons (Fsp3) is 0.806. The monoisotopic (exact) mass is 551 g/mol. The average molecular weight is 552 g/mol. The van der Waals surface area contributed by atoms with Crippen LogP contribution >= 0.6 is 0 Å². The molecular formula is C31H53NO7. The molecule has 0 saturated carbocycles. The molecule has 0 aromatic rings. The molecule has 1 saturated heterocycles. The Morgan fingerprint density at radius 3 is 2.28 bits per heavy atom. The summed E-state index contributed by atoms with van der Waals surface area (Å²) in [4.78, 5) is 28.0. The highest BCUT2D eigenvalue weighted by molar-refractivity contribution is 5.91. The Balaban J connectivity index is 2.43. The third-order valence-corrected chi connectivity index (χ3v) is 8.51. The first kappa shape index (κ1) is 33.6. The van der Waals surface area contributed by atoms with Gasteiger partial charge in [-0.2, -0.15) is 0 Å². The zero-order valence-corrected chi connectivity index (χ0v) is 25.5. The largest absolute Gasteiger partial charge is 0.462 e. The molecule has 0 spiro atoms. The van der Waals surface area contributed by atoms with Crippen LogP contribution in [0.3, 0.4) is 0 Å². The lowest BCUT2D eigenvalue weighted by atomic mass is 9.80. The van der Waals surface area contributed by atoms with Gasteiger partial charge in [-0.3, -0.25) is 9.59 Å². The molecule has 0 aromatic carbocycles. The predicted molar refractivity (Wildman–Crippen MR) is 152 cm³/mol. The Hall–Kier alpha value is -1.58. The third-order valence-electron chi connectivity index (χ3n) is 8.51. The standard InChI is InChI=1S/C31H53NO7/c1-10-23-15-19(4)25(33)13-12-18(3)14-20(5)27(11-2)38-28(35)17-26(34)22(7)30(23)39-31-29(36)24(32(8)9)16-21(6)37-31/h12-14,19-24,26-27,29-31,34,36H,10-11,15-17H2,1-9H3/b13-12+,18-14+/t19-,20+,21-,22+,23+,24+,26-,27-,29+,30-,31+/m1/s1. The topological polar surface area (TPSA) is 106 Å². The quantitative estimate of drug-likeness (QED) is 0.488. The van der Waals surface area contributed by atoms with E-state index in [1.54, 1.807) is 6.08 Å². The number of cyclic esters (lactones) is 1. The highest BCUT2D eigenvalue weighted by Gasteiger charge is 2.43. The molecular weight excluding hydrogens is 498 g/mol. The first-order valence-corrected chi connectivity index (χ1v) is 14.7. The maximum Gasteiger partial charge on any atom is 0.308 e. The van der Waals surface area contributed by atoms with Crippen LogP contribution in [0.25, 0.3) is 0 Å². The fourth-order valence-electron chi connectivity index (χ4n) is 5.89. The van der Waals surface area contributed by atoms with Gasteiger partial charge < -0.3 is 29.3 Å². The number of ketones is 1. The number of esters is 1. The lowest BCUT2D eigenvalue weighted by molar-refractivity contribution is -0.283. The molecule has 0 radical (unpaired) electrons. The second kappa shape index (κ2) is 15.4. The number of aliphatic hydroxyl groups is 2. The molecule has 2 aliphatic heterocycles. The van der Waals surface area contributed by atoms with Gasteiger partial charge in [-0.05, 0) is 59.2 Å². The van der Waals surface area contributed by atoms with Crippen LogP contribution < -0.4 is 0 Å². The summed E-state index contributed by atoms with van der Waals surface area (Å²) in [5, 5.41) is 22.4. The number of hydrogen-bond donors (Lipinski definition) is 2. The number of carbonyl (C=O) groups is 2. The van der Waals surface area contributed by atoms with E-state index in [2.05, 4.69) is 0 Å². The minimum absolute atomic E-state index is 0.0293. The lowest BCUT2D eigenvalue weighted by Crippen LogP contribution is -2.56. The van der Waals surface area contributed by atoms with E-state index >= 15 is 0 Å². The maximum absolute atomic E-state index is 13.1. The SMILES string of the molecule is CC[C@H]1C[C@@H](C)C(=O)/C=C/C(C)=C/[C@H](C)[C@@H](CC)OC(=O)C[C@@H](O)[C@H](C)[C@H]1O[C@@H]1O[C@H](C)C[C@H](N(C)C)[C@@H]1O. The number of carbonyl (C=O) groups excluding carboxylic acids is 2. The van der Waals surface area contributed by atoms with E-state index in [0.29, 0.717) is 25.7 Å². The molecule has 0 unspecified atom stereocenters. The van der Waals surface area contributed by atoms with Gasteiger partial charge in [0.1, 0.15) is 12.2 Å². The highest BCUT2D eigenvalue weighted by Crippen LogP contribution is 2.34. The number of likely N-dealkylation sites (N-methyl/N-ethyl adjacent to an activating group) is 1. The number of ether oxygens (including phenoxy) is 3. The van der Waals surface area contributed by atoms with E-state index in [4.69, 9.17) is 14.2 Å². The first-order valence-electron chi connectivity index (χ1n) is 14.7. The summed E-state index contributed by atoms with van der Waals surface area (Å²) in [7, 11) is 3.84. The summed E-state index contributed by atoms with van der Waals surface area (Å²) in [5.41, 5.74) is 0.930. The molecule has 2 heterocycles. The molecule has 0 aromatic heterocycles. The zero-order chi connectivity index (χ0) is 29.4. The van der Waals surface area contributed by atoms with Crippen LogP contribution in [0, 0.1) is 23.7 Å². The number of hydrogen-bond acceptors (Lipinski definition) is 8. The minimum Gasteiger partial charge on any atom is -0.462 e. The van der Waals surface area contributed by atoms with Crippen molar-refractivity contribution in [2.24, 2.45) is 23.7 Å². The number of aliphatic hydroxyl groups excluding tert-OH is 2. The molecule has 2 rings (SSSR count). The van der Waals surface area contributed by atoms with E-state index in [1.165, 1.54) is 0 Å². The summed E-state index contributed by atoms with van der Waals surface area (Å²) in [6.07, 6.45) is 4.02. The number of nitrogens with zero attached hydrogens (tertiary/aromatic N) is 1. The Morgan fingerprint density at radius 1 is 1.03 bits per heavy atom. The Morgan fingerprint density at radius 2 is 1.69 bits per heavy atom. The molecule has 8 heteroatoms. The zero-order valence-electron chi connectivity index (χ0n) is 25.5. The molecule has 0 amide bonds. The van der Waals surface area contributed by atoms with Crippen LogP contribution in [0.2, 0.25) is 0 Å². The van der Waals surface area contributed by atoms with Gasteiger partial charge in [0, 0.05) is 23.8 Å². The van der Waals surface area contributed by atoms with E-state index in [-0.39, 0.29) is 48.2 Å². The van der Waals surface area contributed by atoms with Gasteiger partial charge in [0.15, 0.2) is 12.1 Å². The smallest absolute Gasteiger partial charge is 0.308 e. The van der Waals surface area contributed by atoms with E-state index in [1.807, 2.05) is 79.6 Å². The van der Waals surface area contributed by atoms with E-state index in [0.717, 1.165) is 5.57 Å². The highest BCUT2D eigenvalue weighted by atomic mass is 16.7. The van der Waals surface area contributed by atoms with Crippen molar-refractivity contribution in [3.63, 3.8) is 0 Å². The van der Waals surface area contributed by atoms with Crippen LogP contribution in [0.1, 0.15) is 80.6 Å². The molecule has 224 valence electrons. The third kappa shape index (κ3) is 9.49. The van der Waals surface area contributed by atoms with Gasteiger partial charge in [-0.25, -0.2) is 0 Å². The number of rotatable bonds is 5. The first-order chi connectivity index (χ1) is 18.3. The van der Waals surface area contributed by atoms with E-state index in [9.17, 15) is 19.8 Å². The van der Waals surface area contributed by atoms with Gasteiger partial charge in [-0.1, -0.05) is 58.8 Å². The van der Waals surface area contributed by atoms with Crippen molar-refractivity contribution < 1.29 is 34.0 Å². The van der Waals surface area contributed by atoms with Gasteiger partial charge in [0.05, 0.1) is 24.7 Å².